The lowest BCUT2D eigenvalue weighted by molar-refractivity contribution is -0.141. The van der Waals surface area contributed by atoms with E-state index in [9.17, 15) is 13.2 Å². The SMILES string of the molecule is FC(F)(F)c1cc(NCC2CCOCC2)nc(Cl)n1. The van der Waals surface area contributed by atoms with Gasteiger partial charge in [0.1, 0.15) is 5.82 Å². The lowest BCUT2D eigenvalue weighted by Crippen LogP contribution is -2.23. The van der Waals surface area contributed by atoms with Crippen molar-refractivity contribution in [2.75, 3.05) is 25.1 Å². The van der Waals surface area contributed by atoms with E-state index in [2.05, 4.69) is 15.3 Å². The third-order valence-electron chi connectivity index (χ3n) is 2.90. The van der Waals surface area contributed by atoms with Crippen LogP contribution >= 0.6 is 11.6 Å². The monoisotopic (exact) mass is 295 g/mol. The van der Waals surface area contributed by atoms with E-state index in [1.165, 1.54) is 0 Å². The minimum absolute atomic E-state index is 0.0961. The highest BCUT2D eigenvalue weighted by atomic mass is 35.5. The summed E-state index contributed by atoms with van der Waals surface area (Å²) in [5, 5.41) is 2.46. The lowest BCUT2D eigenvalue weighted by atomic mass is 10.0. The van der Waals surface area contributed by atoms with E-state index in [-0.39, 0.29) is 5.82 Å². The van der Waals surface area contributed by atoms with E-state index in [4.69, 9.17) is 16.3 Å². The molecule has 0 radical (unpaired) electrons. The van der Waals surface area contributed by atoms with E-state index in [0.717, 1.165) is 18.9 Å². The Hall–Kier alpha value is -1.08. The summed E-state index contributed by atoms with van der Waals surface area (Å²) in [6.07, 6.45) is -2.75. The molecule has 2 rings (SSSR count). The zero-order chi connectivity index (χ0) is 13.9. The quantitative estimate of drug-likeness (QED) is 0.871. The molecule has 4 nitrogen and oxygen atoms in total. The van der Waals surface area contributed by atoms with Crippen molar-refractivity contribution in [3.8, 4) is 0 Å². The summed E-state index contributed by atoms with van der Waals surface area (Å²) < 4.78 is 42.9. The number of hydrogen-bond acceptors (Lipinski definition) is 4. The van der Waals surface area contributed by atoms with Crippen molar-refractivity contribution in [1.82, 2.24) is 9.97 Å². The summed E-state index contributed by atoms with van der Waals surface area (Å²) in [4.78, 5) is 6.91. The van der Waals surface area contributed by atoms with Gasteiger partial charge in [-0.2, -0.15) is 13.2 Å². The topological polar surface area (TPSA) is 47.0 Å². The van der Waals surface area contributed by atoms with Crippen molar-refractivity contribution in [2.24, 2.45) is 5.92 Å². The fraction of sp³-hybridized carbons (Fsp3) is 0.636. The van der Waals surface area contributed by atoms with E-state index in [0.29, 0.717) is 25.7 Å². The van der Waals surface area contributed by atoms with E-state index in [1.807, 2.05) is 0 Å². The third-order valence-corrected chi connectivity index (χ3v) is 3.07. The largest absolute Gasteiger partial charge is 0.433 e. The van der Waals surface area contributed by atoms with E-state index < -0.39 is 17.2 Å². The maximum atomic E-state index is 12.5. The summed E-state index contributed by atoms with van der Waals surface area (Å²) in [6.45, 7) is 1.92. The minimum Gasteiger partial charge on any atom is -0.381 e. The molecule has 1 aromatic rings. The first-order chi connectivity index (χ1) is 8.95. The van der Waals surface area contributed by atoms with Gasteiger partial charge in [-0.15, -0.1) is 0 Å². The lowest BCUT2D eigenvalue weighted by Gasteiger charge is -2.22. The predicted octanol–water partition coefficient (Wildman–Crippen LogP) is 2.99. The number of hydrogen-bond donors (Lipinski definition) is 1. The molecule has 1 aliphatic rings. The van der Waals surface area contributed by atoms with Crippen LogP contribution in [0.1, 0.15) is 18.5 Å². The van der Waals surface area contributed by atoms with Crippen LogP contribution in [-0.2, 0) is 10.9 Å². The van der Waals surface area contributed by atoms with Crippen molar-refractivity contribution >= 4 is 17.4 Å². The summed E-state index contributed by atoms with van der Waals surface area (Å²) in [7, 11) is 0. The Morgan fingerprint density at radius 2 is 2.00 bits per heavy atom. The standard InChI is InChI=1S/C11H13ClF3N3O/c12-10-17-8(11(13,14)15)5-9(18-10)16-6-7-1-3-19-4-2-7/h5,7H,1-4,6H2,(H,16,17,18). The van der Waals surface area contributed by atoms with Gasteiger partial charge in [-0.3, -0.25) is 0 Å². The molecule has 2 heterocycles. The predicted molar refractivity (Wildman–Crippen MR) is 64.1 cm³/mol. The van der Waals surface area contributed by atoms with Gasteiger partial charge in [-0.05, 0) is 30.4 Å². The Bertz CT molecular complexity index is 436. The normalized spacial score (nSPS) is 17.5. The number of nitrogens with zero attached hydrogens (tertiary/aromatic N) is 2. The van der Waals surface area contributed by atoms with Crippen LogP contribution in [0.4, 0.5) is 19.0 Å². The highest BCUT2D eigenvalue weighted by Gasteiger charge is 2.33. The number of rotatable bonds is 3. The maximum absolute atomic E-state index is 12.5. The second-order valence-electron chi connectivity index (χ2n) is 4.34. The van der Waals surface area contributed by atoms with Gasteiger partial charge in [0, 0.05) is 25.8 Å². The van der Waals surface area contributed by atoms with Crippen LogP contribution in [0, 0.1) is 5.92 Å². The van der Waals surface area contributed by atoms with Gasteiger partial charge in [-0.25, -0.2) is 9.97 Å². The third kappa shape index (κ3) is 4.21. The van der Waals surface area contributed by atoms with Crippen LogP contribution in [-0.4, -0.2) is 29.7 Å². The van der Waals surface area contributed by atoms with Crippen molar-refractivity contribution in [2.45, 2.75) is 19.0 Å². The first-order valence-corrected chi connectivity index (χ1v) is 6.26. The van der Waals surface area contributed by atoms with Gasteiger partial charge < -0.3 is 10.1 Å². The summed E-state index contributed by atoms with van der Waals surface area (Å²) in [5.74, 6) is 0.468. The maximum Gasteiger partial charge on any atom is 0.433 e. The second kappa shape index (κ2) is 5.92. The number of alkyl halides is 3. The first-order valence-electron chi connectivity index (χ1n) is 5.88. The van der Waals surface area contributed by atoms with Crippen molar-refractivity contribution in [1.29, 1.82) is 0 Å². The molecule has 0 aliphatic carbocycles. The number of ether oxygens (including phenoxy) is 1. The summed E-state index contributed by atoms with van der Waals surface area (Å²) >= 11 is 5.50. The van der Waals surface area contributed by atoms with Crippen molar-refractivity contribution in [3.05, 3.63) is 17.0 Å². The molecule has 1 fully saturated rings. The smallest absolute Gasteiger partial charge is 0.381 e. The molecule has 0 unspecified atom stereocenters. The van der Waals surface area contributed by atoms with Gasteiger partial charge in [-0.1, -0.05) is 0 Å². The molecule has 0 bridgehead atoms. The van der Waals surface area contributed by atoms with Crippen LogP contribution in [0.2, 0.25) is 5.28 Å². The summed E-state index contributed by atoms with van der Waals surface area (Å²) in [5.41, 5.74) is -1.04. The van der Waals surface area contributed by atoms with Gasteiger partial charge in [0.05, 0.1) is 0 Å². The fourth-order valence-corrected chi connectivity index (χ4v) is 2.04. The molecule has 0 atom stereocenters. The van der Waals surface area contributed by atoms with Gasteiger partial charge in [0.25, 0.3) is 0 Å². The van der Waals surface area contributed by atoms with Gasteiger partial charge >= 0.3 is 6.18 Å². The van der Waals surface area contributed by atoms with E-state index >= 15 is 0 Å². The molecule has 1 N–H and O–H groups in total. The average molecular weight is 296 g/mol. The molecule has 0 amide bonds. The Labute approximate surface area is 113 Å². The van der Waals surface area contributed by atoms with Gasteiger partial charge in [0.2, 0.25) is 5.28 Å². The molecule has 106 valence electrons. The number of aromatic nitrogens is 2. The molecule has 1 saturated heterocycles. The minimum atomic E-state index is -4.53. The second-order valence-corrected chi connectivity index (χ2v) is 4.68. The zero-order valence-corrected chi connectivity index (χ0v) is 10.8. The molecular weight excluding hydrogens is 283 g/mol. The van der Waals surface area contributed by atoms with Crippen molar-refractivity contribution < 1.29 is 17.9 Å². The highest BCUT2D eigenvalue weighted by molar-refractivity contribution is 6.28. The van der Waals surface area contributed by atoms with Crippen LogP contribution in [0.25, 0.3) is 0 Å². The molecule has 0 aromatic carbocycles. The Morgan fingerprint density at radius 3 is 2.63 bits per heavy atom. The molecule has 1 aromatic heterocycles. The van der Waals surface area contributed by atoms with Crippen LogP contribution in [0.3, 0.4) is 0 Å². The average Bonchev–Trinajstić information content (AvgIpc) is 2.36. The molecule has 19 heavy (non-hydrogen) atoms. The Balaban J connectivity index is 2.01. The zero-order valence-electron chi connectivity index (χ0n) is 10.0. The van der Waals surface area contributed by atoms with Crippen LogP contribution < -0.4 is 5.32 Å². The molecule has 0 saturated carbocycles. The molecular formula is C11H13ClF3N3O. The number of nitrogens with one attached hydrogen (secondary N) is 1. The van der Waals surface area contributed by atoms with Gasteiger partial charge in [0.15, 0.2) is 5.69 Å². The Morgan fingerprint density at radius 1 is 1.32 bits per heavy atom. The number of anilines is 1. The highest BCUT2D eigenvalue weighted by Crippen LogP contribution is 2.29. The van der Waals surface area contributed by atoms with Crippen LogP contribution in [0.15, 0.2) is 6.07 Å². The Kier molecular flexibility index (Phi) is 4.46. The summed E-state index contributed by atoms with van der Waals surface area (Å²) in [6, 6.07) is 0.866. The number of halogens is 4. The van der Waals surface area contributed by atoms with E-state index in [1.54, 1.807) is 0 Å². The first kappa shape index (κ1) is 14.3. The molecule has 1 aliphatic heterocycles. The van der Waals surface area contributed by atoms with Crippen molar-refractivity contribution in [3.63, 3.8) is 0 Å². The fourth-order valence-electron chi connectivity index (χ4n) is 1.85. The van der Waals surface area contributed by atoms with Crippen LogP contribution in [0.5, 0.6) is 0 Å². The molecule has 0 spiro atoms. The molecule has 8 heteroatoms.